The van der Waals surface area contributed by atoms with Crippen molar-refractivity contribution < 1.29 is 9.59 Å². The van der Waals surface area contributed by atoms with Crippen LogP contribution in [0.2, 0.25) is 0 Å². The number of amides is 2. The summed E-state index contributed by atoms with van der Waals surface area (Å²) in [6.45, 7) is 5.90. The molecule has 0 saturated carbocycles. The molecule has 1 aromatic rings. The molecule has 0 aliphatic carbocycles. The van der Waals surface area contributed by atoms with E-state index in [0.29, 0.717) is 6.42 Å². The van der Waals surface area contributed by atoms with E-state index >= 15 is 0 Å². The second kappa shape index (κ2) is 7.56. The molecule has 4 nitrogen and oxygen atoms in total. The summed E-state index contributed by atoms with van der Waals surface area (Å²) in [6, 6.07) is 6.03. The van der Waals surface area contributed by atoms with Crippen molar-refractivity contribution in [3.63, 3.8) is 0 Å². The highest BCUT2D eigenvalue weighted by molar-refractivity contribution is 5.95. The van der Waals surface area contributed by atoms with Crippen LogP contribution < -0.4 is 10.6 Å². The Hall–Kier alpha value is -1.84. The number of carbonyl (C=O) groups is 2. The topological polar surface area (TPSA) is 58.2 Å². The first-order valence-electron chi connectivity index (χ1n) is 6.79. The summed E-state index contributed by atoms with van der Waals surface area (Å²) in [7, 11) is 0. The first-order valence-corrected chi connectivity index (χ1v) is 6.79. The number of rotatable bonds is 6. The van der Waals surface area contributed by atoms with Crippen molar-refractivity contribution in [2.24, 2.45) is 0 Å². The standard InChI is InChI=1S/C15H22N2O2/c1-4-11-8-7-9-12(5-2)15(11)17-14(19)10-16-13(18)6-3/h7-9H,4-6,10H2,1-3H3,(H,16,18)(H,17,19). The SMILES string of the molecule is CCC(=O)NCC(=O)Nc1c(CC)cccc1CC. The smallest absolute Gasteiger partial charge is 0.243 e. The van der Waals surface area contributed by atoms with Gasteiger partial charge in [0.25, 0.3) is 0 Å². The Kier molecular flexibility index (Phi) is 6.06. The van der Waals surface area contributed by atoms with Crippen LogP contribution in [-0.4, -0.2) is 18.4 Å². The third-order valence-electron chi connectivity index (χ3n) is 3.03. The molecule has 0 radical (unpaired) electrons. The molecule has 0 spiro atoms. The molecule has 0 heterocycles. The second-order valence-corrected chi connectivity index (χ2v) is 4.34. The van der Waals surface area contributed by atoms with Gasteiger partial charge in [0, 0.05) is 12.1 Å². The van der Waals surface area contributed by atoms with Crippen LogP contribution >= 0.6 is 0 Å². The van der Waals surface area contributed by atoms with Crippen LogP contribution in [0.1, 0.15) is 38.3 Å². The van der Waals surface area contributed by atoms with Gasteiger partial charge in [0.1, 0.15) is 0 Å². The molecule has 0 bridgehead atoms. The lowest BCUT2D eigenvalue weighted by Crippen LogP contribution is -2.32. The zero-order chi connectivity index (χ0) is 14.3. The number of nitrogens with one attached hydrogen (secondary N) is 2. The summed E-state index contributed by atoms with van der Waals surface area (Å²) >= 11 is 0. The van der Waals surface area contributed by atoms with Crippen LogP contribution in [-0.2, 0) is 22.4 Å². The fourth-order valence-corrected chi connectivity index (χ4v) is 1.89. The second-order valence-electron chi connectivity index (χ2n) is 4.34. The number of benzene rings is 1. The molecule has 104 valence electrons. The normalized spacial score (nSPS) is 10.1. The third-order valence-corrected chi connectivity index (χ3v) is 3.03. The largest absolute Gasteiger partial charge is 0.347 e. The van der Waals surface area contributed by atoms with Gasteiger partial charge in [0.05, 0.1) is 6.54 Å². The minimum atomic E-state index is -0.183. The molecule has 0 fully saturated rings. The van der Waals surface area contributed by atoms with Gasteiger partial charge in [-0.2, -0.15) is 0 Å². The van der Waals surface area contributed by atoms with Crippen LogP contribution in [0.15, 0.2) is 18.2 Å². The summed E-state index contributed by atoms with van der Waals surface area (Å²) < 4.78 is 0. The number of carbonyl (C=O) groups excluding carboxylic acids is 2. The molecule has 0 aromatic heterocycles. The van der Waals surface area contributed by atoms with Crippen molar-refractivity contribution in [1.29, 1.82) is 0 Å². The highest BCUT2D eigenvalue weighted by Gasteiger charge is 2.10. The average molecular weight is 262 g/mol. The summed E-state index contributed by atoms with van der Waals surface area (Å²) in [6.07, 6.45) is 2.12. The van der Waals surface area contributed by atoms with Crippen LogP contribution in [0.25, 0.3) is 0 Å². The minimum absolute atomic E-state index is 0.0217. The van der Waals surface area contributed by atoms with Gasteiger partial charge < -0.3 is 10.6 Å². The molecule has 4 heteroatoms. The molecule has 1 aromatic carbocycles. The van der Waals surface area contributed by atoms with Gasteiger partial charge in [-0.1, -0.05) is 39.0 Å². The average Bonchev–Trinajstić information content (AvgIpc) is 2.44. The maximum atomic E-state index is 11.8. The van der Waals surface area contributed by atoms with E-state index in [1.807, 2.05) is 18.2 Å². The summed E-state index contributed by atoms with van der Waals surface area (Å²) in [5, 5.41) is 5.48. The van der Waals surface area contributed by atoms with Gasteiger partial charge in [-0.05, 0) is 24.0 Å². The van der Waals surface area contributed by atoms with Crippen molar-refractivity contribution in [2.45, 2.75) is 40.0 Å². The Labute approximate surface area is 114 Å². The molecule has 2 amide bonds. The molecular formula is C15H22N2O2. The zero-order valence-corrected chi connectivity index (χ0v) is 11.9. The predicted molar refractivity (Wildman–Crippen MR) is 77.1 cm³/mol. The highest BCUT2D eigenvalue weighted by Crippen LogP contribution is 2.22. The van der Waals surface area contributed by atoms with Crippen molar-refractivity contribution >= 4 is 17.5 Å². The molecule has 0 aliphatic rings. The summed E-state index contributed by atoms with van der Waals surface area (Å²) in [5.74, 6) is -0.299. The number of aryl methyl sites for hydroxylation is 2. The van der Waals surface area contributed by atoms with Crippen molar-refractivity contribution in [2.75, 3.05) is 11.9 Å². The maximum Gasteiger partial charge on any atom is 0.243 e. The zero-order valence-electron chi connectivity index (χ0n) is 11.9. The van der Waals surface area contributed by atoms with E-state index in [1.54, 1.807) is 6.92 Å². The van der Waals surface area contributed by atoms with Crippen LogP contribution in [0, 0.1) is 0 Å². The number of anilines is 1. The van der Waals surface area contributed by atoms with E-state index in [9.17, 15) is 9.59 Å². The quantitative estimate of drug-likeness (QED) is 0.826. The van der Waals surface area contributed by atoms with Gasteiger partial charge >= 0.3 is 0 Å². The monoisotopic (exact) mass is 262 g/mol. The van der Waals surface area contributed by atoms with E-state index < -0.39 is 0 Å². The number of para-hydroxylation sites is 1. The van der Waals surface area contributed by atoms with Crippen LogP contribution in [0.3, 0.4) is 0 Å². The van der Waals surface area contributed by atoms with Crippen LogP contribution in [0.5, 0.6) is 0 Å². The molecule has 0 aliphatic heterocycles. The van der Waals surface area contributed by atoms with E-state index in [2.05, 4.69) is 24.5 Å². The third kappa shape index (κ3) is 4.39. The van der Waals surface area contributed by atoms with E-state index in [-0.39, 0.29) is 18.4 Å². The minimum Gasteiger partial charge on any atom is -0.347 e. The molecule has 2 N–H and O–H groups in total. The van der Waals surface area contributed by atoms with Crippen LogP contribution in [0.4, 0.5) is 5.69 Å². The highest BCUT2D eigenvalue weighted by atomic mass is 16.2. The Balaban J connectivity index is 2.75. The lowest BCUT2D eigenvalue weighted by Gasteiger charge is -2.14. The number of hydrogen-bond acceptors (Lipinski definition) is 2. The fourth-order valence-electron chi connectivity index (χ4n) is 1.89. The first-order chi connectivity index (χ1) is 9.12. The van der Waals surface area contributed by atoms with Gasteiger partial charge in [-0.15, -0.1) is 0 Å². The van der Waals surface area contributed by atoms with Gasteiger partial charge in [0.15, 0.2) is 0 Å². The Bertz CT molecular complexity index is 433. The van der Waals surface area contributed by atoms with Crippen molar-refractivity contribution in [3.8, 4) is 0 Å². The van der Waals surface area contributed by atoms with Gasteiger partial charge in [0.2, 0.25) is 11.8 Å². The molecular weight excluding hydrogens is 240 g/mol. The van der Waals surface area contributed by atoms with E-state index in [0.717, 1.165) is 29.7 Å². The molecule has 1 rings (SSSR count). The molecule has 0 saturated heterocycles. The summed E-state index contributed by atoms with van der Waals surface area (Å²) in [4.78, 5) is 23.0. The Morgan fingerprint density at radius 3 is 2.05 bits per heavy atom. The molecule has 19 heavy (non-hydrogen) atoms. The summed E-state index contributed by atoms with van der Waals surface area (Å²) in [5.41, 5.74) is 3.13. The Morgan fingerprint density at radius 2 is 1.58 bits per heavy atom. The van der Waals surface area contributed by atoms with E-state index in [1.165, 1.54) is 0 Å². The fraction of sp³-hybridized carbons (Fsp3) is 0.467. The van der Waals surface area contributed by atoms with E-state index in [4.69, 9.17) is 0 Å². The molecule has 0 unspecified atom stereocenters. The van der Waals surface area contributed by atoms with Gasteiger partial charge in [-0.25, -0.2) is 0 Å². The Morgan fingerprint density at radius 1 is 1.00 bits per heavy atom. The van der Waals surface area contributed by atoms with Gasteiger partial charge in [-0.3, -0.25) is 9.59 Å². The molecule has 0 atom stereocenters. The lowest BCUT2D eigenvalue weighted by atomic mass is 10.0. The van der Waals surface area contributed by atoms with Crippen molar-refractivity contribution in [3.05, 3.63) is 29.3 Å². The number of hydrogen-bond donors (Lipinski definition) is 2. The van der Waals surface area contributed by atoms with Crippen molar-refractivity contribution in [1.82, 2.24) is 5.32 Å². The first kappa shape index (κ1) is 15.2. The predicted octanol–water partition coefficient (Wildman–Crippen LogP) is 2.28. The lowest BCUT2D eigenvalue weighted by molar-refractivity contribution is -0.123. The maximum absolute atomic E-state index is 11.8.